The molecule has 1 heterocycles. The SMILES string of the molecule is O=C(O)CCC(C(=O)O)N1C(=O)C(=Cc2ccccc2)SC1=S. The Kier molecular flexibility index (Phi) is 5.51. The molecule has 1 aliphatic heterocycles. The number of benzene rings is 1. The van der Waals surface area contributed by atoms with Gasteiger partial charge in [0.25, 0.3) is 5.91 Å². The van der Waals surface area contributed by atoms with Crippen LogP contribution in [0.15, 0.2) is 35.2 Å². The molecule has 1 amide bonds. The summed E-state index contributed by atoms with van der Waals surface area (Å²) in [6.45, 7) is 0. The van der Waals surface area contributed by atoms with Crippen molar-refractivity contribution in [2.75, 3.05) is 0 Å². The molecule has 1 aromatic carbocycles. The van der Waals surface area contributed by atoms with Crippen molar-refractivity contribution in [2.45, 2.75) is 18.9 Å². The zero-order chi connectivity index (χ0) is 17.0. The van der Waals surface area contributed by atoms with Crippen LogP contribution in [-0.4, -0.2) is 43.3 Å². The molecular weight excluding hydrogens is 338 g/mol. The molecule has 1 saturated heterocycles. The Hall–Kier alpha value is -2.19. The summed E-state index contributed by atoms with van der Waals surface area (Å²) in [7, 11) is 0. The maximum atomic E-state index is 12.4. The van der Waals surface area contributed by atoms with Gasteiger partial charge in [-0.3, -0.25) is 14.5 Å². The number of thioether (sulfide) groups is 1. The number of nitrogens with zero attached hydrogens (tertiary/aromatic N) is 1. The van der Waals surface area contributed by atoms with Crippen LogP contribution in [0.4, 0.5) is 0 Å². The predicted octanol–water partition coefficient (Wildman–Crippen LogP) is 2.21. The lowest BCUT2D eigenvalue weighted by molar-refractivity contribution is -0.146. The molecule has 1 atom stereocenters. The van der Waals surface area contributed by atoms with Crippen molar-refractivity contribution in [3.8, 4) is 0 Å². The lowest BCUT2D eigenvalue weighted by Gasteiger charge is -2.22. The zero-order valence-corrected chi connectivity index (χ0v) is 13.5. The second-order valence-corrected chi connectivity index (χ2v) is 6.42. The number of carboxylic acids is 2. The number of rotatable bonds is 6. The summed E-state index contributed by atoms with van der Waals surface area (Å²) in [6.07, 6.45) is 1.08. The van der Waals surface area contributed by atoms with E-state index in [0.29, 0.717) is 4.91 Å². The van der Waals surface area contributed by atoms with E-state index in [4.69, 9.17) is 17.3 Å². The molecule has 6 nitrogen and oxygen atoms in total. The fourth-order valence-electron chi connectivity index (χ4n) is 2.07. The van der Waals surface area contributed by atoms with Gasteiger partial charge in [0.15, 0.2) is 0 Å². The molecular formula is C15H13NO5S2. The van der Waals surface area contributed by atoms with E-state index in [1.54, 1.807) is 6.08 Å². The average Bonchev–Trinajstić information content (AvgIpc) is 2.75. The maximum absolute atomic E-state index is 12.4. The van der Waals surface area contributed by atoms with Gasteiger partial charge in [-0.25, -0.2) is 4.79 Å². The van der Waals surface area contributed by atoms with Gasteiger partial charge in [-0.1, -0.05) is 54.3 Å². The van der Waals surface area contributed by atoms with Gasteiger partial charge in [0.1, 0.15) is 10.4 Å². The van der Waals surface area contributed by atoms with Crippen LogP contribution in [0.3, 0.4) is 0 Å². The number of amides is 1. The molecule has 120 valence electrons. The first kappa shape index (κ1) is 17.2. The third-order valence-corrected chi connectivity index (χ3v) is 4.48. The molecule has 0 spiro atoms. The van der Waals surface area contributed by atoms with Gasteiger partial charge >= 0.3 is 11.9 Å². The van der Waals surface area contributed by atoms with Gasteiger partial charge in [0.05, 0.1) is 4.91 Å². The van der Waals surface area contributed by atoms with E-state index in [0.717, 1.165) is 22.2 Å². The fourth-order valence-corrected chi connectivity index (χ4v) is 3.43. The topological polar surface area (TPSA) is 94.9 Å². The molecule has 23 heavy (non-hydrogen) atoms. The highest BCUT2D eigenvalue weighted by Crippen LogP contribution is 2.34. The number of aliphatic carboxylic acids is 2. The lowest BCUT2D eigenvalue weighted by atomic mass is 10.1. The van der Waals surface area contributed by atoms with Crippen LogP contribution in [0.2, 0.25) is 0 Å². The zero-order valence-electron chi connectivity index (χ0n) is 11.8. The molecule has 1 aliphatic rings. The van der Waals surface area contributed by atoms with Crippen molar-refractivity contribution in [1.82, 2.24) is 4.90 Å². The first-order valence-corrected chi connectivity index (χ1v) is 7.89. The number of carboxylic acid groups (broad SMARTS) is 2. The Morgan fingerprint density at radius 1 is 1.26 bits per heavy atom. The van der Waals surface area contributed by atoms with E-state index < -0.39 is 23.9 Å². The molecule has 0 bridgehead atoms. The number of carbonyl (C=O) groups is 3. The quantitative estimate of drug-likeness (QED) is 0.599. The second kappa shape index (κ2) is 7.38. The van der Waals surface area contributed by atoms with Gasteiger partial charge in [-0.2, -0.15) is 0 Å². The molecule has 1 fully saturated rings. The van der Waals surface area contributed by atoms with Crippen LogP contribution >= 0.6 is 24.0 Å². The summed E-state index contributed by atoms with van der Waals surface area (Å²) in [6, 6.07) is 7.82. The van der Waals surface area contributed by atoms with E-state index in [2.05, 4.69) is 0 Å². The summed E-state index contributed by atoms with van der Waals surface area (Å²) in [4.78, 5) is 35.8. The van der Waals surface area contributed by atoms with Gasteiger partial charge < -0.3 is 10.2 Å². The summed E-state index contributed by atoms with van der Waals surface area (Å²) in [5.41, 5.74) is 0.797. The number of carbonyl (C=O) groups excluding carboxylic acids is 1. The normalized spacial score (nSPS) is 17.6. The van der Waals surface area contributed by atoms with Crippen molar-refractivity contribution < 1.29 is 24.6 Å². The van der Waals surface area contributed by atoms with E-state index in [1.165, 1.54) is 0 Å². The van der Waals surface area contributed by atoms with Crippen molar-refractivity contribution in [3.63, 3.8) is 0 Å². The van der Waals surface area contributed by atoms with Crippen LogP contribution in [0.25, 0.3) is 6.08 Å². The average molecular weight is 351 g/mol. The molecule has 0 aromatic heterocycles. The van der Waals surface area contributed by atoms with Crippen LogP contribution in [0, 0.1) is 0 Å². The van der Waals surface area contributed by atoms with Crippen molar-refractivity contribution in [1.29, 1.82) is 0 Å². The Bertz CT molecular complexity index is 686. The smallest absolute Gasteiger partial charge is 0.326 e. The number of hydrogen-bond donors (Lipinski definition) is 2. The number of hydrogen-bond acceptors (Lipinski definition) is 5. The van der Waals surface area contributed by atoms with Crippen LogP contribution in [-0.2, 0) is 14.4 Å². The maximum Gasteiger partial charge on any atom is 0.326 e. The van der Waals surface area contributed by atoms with E-state index >= 15 is 0 Å². The number of thiocarbonyl (C=S) groups is 1. The van der Waals surface area contributed by atoms with Gasteiger partial charge in [0, 0.05) is 6.42 Å². The predicted molar refractivity (Wildman–Crippen MR) is 89.7 cm³/mol. The minimum absolute atomic E-state index is 0.120. The molecule has 0 saturated carbocycles. The molecule has 1 aromatic rings. The molecule has 8 heteroatoms. The summed E-state index contributed by atoms with van der Waals surface area (Å²) in [5.74, 6) is -2.91. The minimum atomic E-state index is -1.28. The van der Waals surface area contributed by atoms with Gasteiger partial charge in [-0.15, -0.1) is 0 Å². The van der Waals surface area contributed by atoms with E-state index in [1.807, 2.05) is 30.3 Å². The highest BCUT2D eigenvalue weighted by Gasteiger charge is 2.40. The van der Waals surface area contributed by atoms with Crippen LogP contribution in [0.1, 0.15) is 18.4 Å². The minimum Gasteiger partial charge on any atom is -0.481 e. The highest BCUT2D eigenvalue weighted by atomic mass is 32.2. The van der Waals surface area contributed by atoms with Gasteiger partial charge in [0.2, 0.25) is 0 Å². The molecule has 2 rings (SSSR count). The Labute approximate surface area is 141 Å². The first-order valence-electron chi connectivity index (χ1n) is 6.67. The third kappa shape index (κ3) is 4.17. The fraction of sp³-hybridized carbons (Fsp3) is 0.200. The Morgan fingerprint density at radius 3 is 2.48 bits per heavy atom. The van der Waals surface area contributed by atoms with Gasteiger partial charge in [-0.05, 0) is 18.1 Å². The highest BCUT2D eigenvalue weighted by molar-refractivity contribution is 8.26. The molecule has 1 unspecified atom stereocenters. The van der Waals surface area contributed by atoms with Crippen molar-refractivity contribution in [2.24, 2.45) is 0 Å². The standard InChI is InChI=1S/C15H13NO5S2/c17-12(18)7-6-10(14(20)21)16-13(19)11(23-15(16)22)8-9-4-2-1-3-5-9/h1-5,8,10H,6-7H2,(H,17,18)(H,20,21). The van der Waals surface area contributed by atoms with Crippen LogP contribution in [0.5, 0.6) is 0 Å². The molecule has 0 aliphatic carbocycles. The van der Waals surface area contributed by atoms with Crippen molar-refractivity contribution in [3.05, 3.63) is 40.8 Å². The lowest BCUT2D eigenvalue weighted by Crippen LogP contribution is -2.44. The Balaban J connectivity index is 2.24. The second-order valence-electron chi connectivity index (χ2n) is 4.75. The van der Waals surface area contributed by atoms with E-state index in [9.17, 15) is 19.5 Å². The molecule has 2 N–H and O–H groups in total. The summed E-state index contributed by atoms with van der Waals surface area (Å²) in [5, 5.41) is 18.0. The van der Waals surface area contributed by atoms with E-state index in [-0.39, 0.29) is 17.2 Å². The third-order valence-electron chi connectivity index (χ3n) is 3.15. The monoisotopic (exact) mass is 351 g/mol. The van der Waals surface area contributed by atoms with Crippen LogP contribution < -0.4 is 0 Å². The summed E-state index contributed by atoms with van der Waals surface area (Å²) < 4.78 is 0.120. The largest absolute Gasteiger partial charge is 0.481 e. The first-order chi connectivity index (χ1) is 10.9. The summed E-state index contributed by atoms with van der Waals surface area (Å²) >= 11 is 6.12. The van der Waals surface area contributed by atoms with Crippen molar-refractivity contribution >= 4 is 52.2 Å². The molecule has 0 radical (unpaired) electrons. The Morgan fingerprint density at radius 2 is 1.91 bits per heavy atom.